The van der Waals surface area contributed by atoms with E-state index in [4.69, 9.17) is 16.7 Å². The van der Waals surface area contributed by atoms with Crippen LogP contribution in [0.15, 0.2) is 42.5 Å². The topological polar surface area (TPSA) is 32.3 Å². The summed E-state index contributed by atoms with van der Waals surface area (Å²) in [4.78, 5) is 0. The highest BCUT2D eigenvalue weighted by molar-refractivity contribution is 6.30. The van der Waals surface area contributed by atoms with Gasteiger partial charge in [0.1, 0.15) is 0 Å². The van der Waals surface area contributed by atoms with Gasteiger partial charge in [-0.25, -0.2) is 4.39 Å². The summed E-state index contributed by atoms with van der Waals surface area (Å²) in [7, 11) is 0. The Balaban J connectivity index is 1.98. The largest absolute Gasteiger partial charge is 0.505 e. The molecule has 0 bridgehead atoms. The highest BCUT2D eigenvalue weighted by Crippen LogP contribution is 2.18. The lowest BCUT2D eigenvalue weighted by atomic mass is 10.1. The summed E-state index contributed by atoms with van der Waals surface area (Å²) in [5.74, 6) is -0.923. The first-order chi connectivity index (χ1) is 9.06. The molecule has 0 aliphatic rings. The Bertz CT molecular complexity index is 557. The zero-order valence-electron chi connectivity index (χ0n) is 10.5. The van der Waals surface area contributed by atoms with Crippen molar-refractivity contribution in [2.75, 3.05) is 0 Å². The number of halogens is 2. The molecule has 0 spiro atoms. The first kappa shape index (κ1) is 13.8. The lowest BCUT2D eigenvalue weighted by Crippen LogP contribution is -2.18. The van der Waals surface area contributed by atoms with Crippen LogP contribution in [0.2, 0.25) is 5.02 Å². The molecule has 0 amide bonds. The fourth-order valence-corrected chi connectivity index (χ4v) is 1.93. The van der Waals surface area contributed by atoms with Crippen LogP contribution in [0.4, 0.5) is 4.39 Å². The molecule has 19 heavy (non-hydrogen) atoms. The summed E-state index contributed by atoms with van der Waals surface area (Å²) in [6.45, 7) is 2.56. The van der Waals surface area contributed by atoms with E-state index in [0.29, 0.717) is 11.6 Å². The summed E-state index contributed by atoms with van der Waals surface area (Å²) in [6, 6.07) is 12.1. The molecule has 0 saturated heterocycles. The van der Waals surface area contributed by atoms with Crippen LogP contribution in [0.25, 0.3) is 0 Å². The molecule has 0 aliphatic carbocycles. The number of hydrogen-bond donors (Lipinski definition) is 2. The van der Waals surface area contributed by atoms with Gasteiger partial charge in [0, 0.05) is 17.6 Å². The Morgan fingerprint density at radius 2 is 1.89 bits per heavy atom. The number of hydrogen-bond acceptors (Lipinski definition) is 2. The smallest absolute Gasteiger partial charge is 0.165 e. The van der Waals surface area contributed by atoms with Gasteiger partial charge in [0.05, 0.1) is 0 Å². The Morgan fingerprint density at radius 3 is 2.53 bits per heavy atom. The van der Waals surface area contributed by atoms with Crippen LogP contribution in [0.5, 0.6) is 5.75 Å². The molecule has 0 unspecified atom stereocenters. The molecule has 100 valence electrons. The summed E-state index contributed by atoms with van der Waals surface area (Å²) >= 11 is 5.84. The van der Waals surface area contributed by atoms with Gasteiger partial charge >= 0.3 is 0 Å². The van der Waals surface area contributed by atoms with Crippen molar-refractivity contribution in [2.45, 2.75) is 19.5 Å². The zero-order chi connectivity index (χ0) is 13.8. The molecule has 4 heteroatoms. The highest BCUT2D eigenvalue weighted by atomic mass is 35.5. The molecule has 2 aromatic rings. The van der Waals surface area contributed by atoms with E-state index in [1.54, 1.807) is 6.07 Å². The molecular formula is C15H15ClFNO. The number of rotatable bonds is 4. The van der Waals surface area contributed by atoms with E-state index in [-0.39, 0.29) is 11.8 Å². The van der Waals surface area contributed by atoms with Crippen molar-refractivity contribution in [1.82, 2.24) is 5.32 Å². The van der Waals surface area contributed by atoms with E-state index in [0.717, 1.165) is 11.1 Å². The molecule has 0 aliphatic heterocycles. The fraction of sp³-hybridized carbons (Fsp3) is 0.200. The number of benzene rings is 2. The van der Waals surface area contributed by atoms with E-state index in [1.165, 1.54) is 12.1 Å². The van der Waals surface area contributed by atoms with Crippen LogP contribution in [0.1, 0.15) is 24.1 Å². The van der Waals surface area contributed by atoms with Gasteiger partial charge in [-0.1, -0.05) is 29.8 Å². The SMILES string of the molecule is C[C@@H](NCc1ccc(O)c(F)c1)c1ccc(Cl)cc1. The van der Waals surface area contributed by atoms with Crippen LogP contribution < -0.4 is 5.32 Å². The standard InChI is InChI=1S/C15H15ClFNO/c1-10(12-3-5-13(16)6-4-12)18-9-11-2-7-15(19)14(17)8-11/h2-8,10,18-19H,9H2,1H3/t10-/m1/s1. The van der Waals surface area contributed by atoms with E-state index in [9.17, 15) is 4.39 Å². The monoisotopic (exact) mass is 279 g/mol. The summed E-state index contributed by atoms with van der Waals surface area (Å²) < 4.78 is 13.2. The molecule has 2 nitrogen and oxygen atoms in total. The molecule has 0 fully saturated rings. The van der Waals surface area contributed by atoms with Crippen LogP contribution >= 0.6 is 11.6 Å². The zero-order valence-corrected chi connectivity index (χ0v) is 11.3. The minimum Gasteiger partial charge on any atom is -0.505 e. The first-order valence-corrected chi connectivity index (χ1v) is 6.40. The van der Waals surface area contributed by atoms with Crippen LogP contribution in [0.3, 0.4) is 0 Å². The lowest BCUT2D eigenvalue weighted by Gasteiger charge is -2.14. The minimum absolute atomic E-state index is 0.133. The van der Waals surface area contributed by atoms with Gasteiger partial charge in [0.25, 0.3) is 0 Å². The Hall–Kier alpha value is -1.58. The number of phenolic OH excluding ortho intramolecular Hbond substituents is 1. The highest BCUT2D eigenvalue weighted by Gasteiger charge is 2.06. The first-order valence-electron chi connectivity index (χ1n) is 6.02. The van der Waals surface area contributed by atoms with Crippen LogP contribution in [0, 0.1) is 5.82 Å². The molecule has 0 heterocycles. The Kier molecular flexibility index (Phi) is 4.40. The van der Waals surface area contributed by atoms with E-state index < -0.39 is 5.82 Å². The van der Waals surface area contributed by atoms with Crippen molar-refractivity contribution in [3.8, 4) is 5.75 Å². The molecule has 0 aromatic heterocycles. The van der Waals surface area contributed by atoms with Gasteiger partial charge in [-0.15, -0.1) is 0 Å². The second-order valence-electron chi connectivity index (χ2n) is 4.44. The number of aromatic hydroxyl groups is 1. The average Bonchev–Trinajstić information content (AvgIpc) is 2.40. The molecule has 0 saturated carbocycles. The molecular weight excluding hydrogens is 265 g/mol. The number of phenols is 1. The normalized spacial score (nSPS) is 12.4. The third-order valence-electron chi connectivity index (χ3n) is 2.99. The van der Waals surface area contributed by atoms with Crippen molar-refractivity contribution in [3.63, 3.8) is 0 Å². The lowest BCUT2D eigenvalue weighted by molar-refractivity contribution is 0.431. The van der Waals surface area contributed by atoms with Crippen molar-refractivity contribution in [2.24, 2.45) is 0 Å². The predicted molar refractivity (Wildman–Crippen MR) is 74.8 cm³/mol. The van der Waals surface area contributed by atoms with Gasteiger partial charge in [-0.05, 0) is 42.3 Å². The fourth-order valence-electron chi connectivity index (χ4n) is 1.80. The maximum absolute atomic E-state index is 13.2. The van der Waals surface area contributed by atoms with Gasteiger partial charge in [0.2, 0.25) is 0 Å². The Morgan fingerprint density at radius 1 is 1.21 bits per heavy atom. The molecule has 2 rings (SSSR count). The van der Waals surface area contributed by atoms with Crippen LogP contribution in [-0.4, -0.2) is 5.11 Å². The molecule has 0 radical (unpaired) electrons. The quantitative estimate of drug-likeness (QED) is 0.885. The van der Waals surface area contributed by atoms with Crippen molar-refractivity contribution in [1.29, 1.82) is 0 Å². The third-order valence-corrected chi connectivity index (χ3v) is 3.25. The predicted octanol–water partition coefficient (Wildman–Crippen LogP) is 4.04. The van der Waals surface area contributed by atoms with E-state index in [1.807, 2.05) is 31.2 Å². The maximum Gasteiger partial charge on any atom is 0.165 e. The molecule has 2 N–H and O–H groups in total. The minimum atomic E-state index is -0.599. The van der Waals surface area contributed by atoms with E-state index in [2.05, 4.69) is 5.32 Å². The third kappa shape index (κ3) is 3.69. The Labute approximate surface area is 116 Å². The summed E-state index contributed by atoms with van der Waals surface area (Å²) in [5.41, 5.74) is 1.90. The molecule has 2 aromatic carbocycles. The maximum atomic E-state index is 13.2. The summed E-state index contributed by atoms with van der Waals surface area (Å²) in [5, 5.41) is 13.1. The van der Waals surface area contributed by atoms with Crippen LogP contribution in [-0.2, 0) is 6.54 Å². The van der Waals surface area contributed by atoms with Crippen molar-refractivity contribution in [3.05, 3.63) is 64.4 Å². The average molecular weight is 280 g/mol. The van der Waals surface area contributed by atoms with E-state index >= 15 is 0 Å². The molecule has 1 atom stereocenters. The summed E-state index contributed by atoms with van der Waals surface area (Å²) in [6.07, 6.45) is 0. The second kappa shape index (κ2) is 6.04. The van der Waals surface area contributed by atoms with Gasteiger partial charge in [0.15, 0.2) is 11.6 Å². The number of nitrogens with one attached hydrogen (secondary N) is 1. The van der Waals surface area contributed by atoms with Crippen molar-refractivity contribution < 1.29 is 9.50 Å². The van der Waals surface area contributed by atoms with Gasteiger partial charge in [-0.2, -0.15) is 0 Å². The second-order valence-corrected chi connectivity index (χ2v) is 4.88. The van der Waals surface area contributed by atoms with Gasteiger partial charge < -0.3 is 10.4 Å². The van der Waals surface area contributed by atoms with Gasteiger partial charge in [-0.3, -0.25) is 0 Å². The van der Waals surface area contributed by atoms with Crippen molar-refractivity contribution >= 4 is 11.6 Å².